The van der Waals surface area contributed by atoms with Crippen LogP contribution in [0.3, 0.4) is 0 Å². The van der Waals surface area contributed by atoms with E-state index in [9.17, 15) is 0 Å². The number of para-hydroxylation sites is 1. The number of nitrogens with one attached hydrogen (secondary N) is 1. The van der Waals surface area contributed by atoms with Crippen LogP contribution in [0.25, 0.3) is 80.7 Å². The lowest BCUT2D eigenvalue weighted by molar-refractivity contribution is 1.18. The molecule has 0 atom stereocenters. The van der Waals surface area contributed by atoms with Crippen molar-refractivity contribution in [3.8, 4) is 27.9 Å². The Bertz CT molecular complexity index is 2840. The molecule has 2 heterocycles. The summed E-state index contributed by atoms with van der Waals surface area (Å²) in [5, 5.41) is 11.4. The zero-order chi connectivity index (χ0) is 32.3. The molecular formula is C46H30N2S. The largest absolute Gasteiger partial charge is 0.355 e. The Balaban J connectivity index is 1.18. The van der Waals surface area contributed by atoms with E-state index in [1.165, 1.54) is 80.7 Å². The fourth-order valence-corrected chi connectivity index (χ4v) is 8.69. The fourth-order valence-electron chi connectivity index (χ4n) is 7.43. The van der Waals surface area contributed by atoms with Crippen LogP contribution in [0.5, 0.6) is 0 Å². The van der Waals surface area contributed by atoms with Gasteiger partial charge in [-0.05, 0) is 88.1 Å². The van der Waals surface area contributed by atoms with Gasteiger partial charge in [-0.25, -0.2) is 0 Å². The fraction of sp³-hybridized carbons (Fsp3) is 0. The molecule has 49 heavy (non-hydrogen) atoms. The summed E-state index contributed by atoms with van der Waals surface area (Å²) in [6, 6.07) is 63.7. The molecule has 0 unspecified atom stereocenters. The molecule has 0 amide bonds. The molecule has 0 aliphatic carbocycles. The van der Waals surface area contributed by atoms with Crippen molar-refractivity contribution in [1.82, 2.24) is 4.57 Å². The molecule has 0 saturated carbocycles. The van der Waals surface area contributed by atoms with Gasteiger partial charge in [-0.3, -0.25) is 0 Å². The number of benzene rings is 8. The predicted molar refractivity (Wildman–Crippen MR) is 212 cm³/mol. The molecule has 3 heteroatoms. The molecule has 0 bridgehead atoms. The van der Waals surface area contributed by atoms with Crippen LogP contribution in [0.2, 0.25) is 0 Å². The van der Waals surface area contributed by atoms with Crippen molar-refractivity contribution in [2.75, 3.05) is 5.32 Å². The van der Waals surface area contributed by atoms with E-state index >= 15 is 0 Å². The van der Waals surface area contributed by atoms with E-state index in [4.69, 9.17) is 0 Å². The molecule has 10 rings (SSSR count). The minimum atomic E-state index is 1.08. The van der Waals surface area contributed by atoms with Gasteiger partial charge in [0, 0.05) is 53.6 Å². The van der Waals surface area contributed by atoms with Gasteiger partial charge < -0.3 is 9.88 Å². The average molecular weight is 643 g/mol. The van der Waals surface area contributed by atoms with Crippen molar-refractivity contribution in [3.63, 3.8) is 0 Å². The van der Waals surface area contributed by atoms with E-state index in [2.05, 4.69) is 186 Å². The maximum atomic E-state index is 3.75. The maximum absolute atomic E-state index is 3.75. The van der Waals surface area contributed by atoms with Crippen LogP contribution in [-0.4, -0.2) is 4.57 Å². The van der Waals surface area contributed by atoms with Crippen molar-refractivity contribution in [2.45, 2.75) is 0 Å². The first-order valence-electron chi connectivity index (χ1n) is 16.7. The smallest absolute Gasteiger partial charge is 0.0555 e. The molecular weight excluding hydrogens is 613 g/mol. The molecule has 0 aliphatic heterocycles. The number of hydrogen-bond acceptors (Lipinski definition) is 2. The Morgan fingerprint density at radius 3 is 2.04 bits per heavy atom. The molecule has 0 spiro atoms. The summed E-state index contributed by atoms with van der Waals surface area (Å²) in [4.78, 5) is 0. The van der Waals surface area contributed by atoms with Crippen LogP contribution in [0, 0.1) is 0 Å². The highest BCUT2D eigenvalue weighted by Crippen LogP contribution is 2.44. The lowest BCUT2D eigenvalue weighted by Gasteiger charge is -2.15. The minimum absolute atomic E-state index is 1.08. The normalized spacial score (nSPS) is 11.7. The van der Waals surface area contributed by atoms with Crippen LogP contribution in [0.15, 0.2) is 176 Å². The van der Waals surface area contributed by atoms with Crippen molar-refractivity contribution in [3.05, 3.63) is 176 Å². The molecule has 1 N–H and O–H groups in total. The second-order valence-electron chi connectivity index (χ2n) is 12.7. The van der Waals surface area contributed by atoms with E-state index in [0.717, 1.165) is 11.4 Å². The van der Waals surface area contributed by atoms with Crippen LogP contribution in [0.1, 0.15) is 0 Å². The van der Waals surface area contributed by atoms with Crippen LogP contribution in [0.4, 0.5) is 11.4 Å². The number of thiophene rings is 1. The van der Waals surface area contributed by atoms with Crippen molar-refractivity contribution in [1.29, 1.82) is 0 Å². The van der Waals surface area contributed by atoms with Gasteiger partial charge >= 0.3 is 0 Å². The molecule has 0 saturated heterocycles. The molecule has 10 aromatic rings. The number of anilines is 2. The zero-order valence-corrected chi connectivity index (χ0v) is 27.4. The third-order valence-corrected chi connectivity index (χ3v) is 11.0. The number of nitrogens with zero attached hydrogens (tertiary/aromatic N) is 1. The summed E-state index contributed by atoms with van der Waals surface area (Å²) >= 11 is 1.90. The van der Waals surface area contributed by atoms with Gasteiger partial charge in [0.25, 0.3) is 0 Å². The Labute approximate surface area is 288 Å². The van der Waals surface area contributed by atoms with Gasteiger partial charge in [0.2, 0.25) is 0 Å². The minimum Gasteiger partial charge on any atom is -0.355 e. The average Bonchev–Trinajstić information content (AvgIpc) is 3.71. The highest BCUT2D eigenvalue weighted by molar-refractivity contribution is 7.26. The Morgan fingerprint density at radius 2 is 1.16 bits per heavy atom. The van der Waals surface area contributed by atoms with Crippen molar-refractivity contribution in [2.24, 2.45) is 0 Å². The number of fused-ring (bicyclic) bond motifs is 8. The van der Waals surface area contributed by atoms with Gasteiger partial charge in [-0.1, -0.05) is 115 Å². The van der Waals surface area contributed by atoms with E-state index in [1.807, 2.05) is 11.3 Å². The Kier molecular flexibility index (Phi) is 6.39. The zero-order valence-electron chi connectivity index (χ0n) is 26.6. The lowest BCUT2D eigenvalue weighted by atomic mass is 9.96. The van der Waals surface area contributed by atoms with Crippen LogP contribution < -0.4 is 5.32 Å². The SMILES string of the molecule is c1ccc(-c2cc(-c3ccc4c(c3)c3c5sc6ccccc6c5ccc3n4-c3ccccc3)ccc2Nc2ccc3ccccc3c2)cc1. The second-order valence-corrected chi connectivity index (χ2v) is 13.7. The summed E-state index contributed by atoms with van der Waals surface area (Å²) in [6.45, 7) is 0. The third kappa shape index (κ3) is 4.62. The molecule has 2 nitrogen and oxygen atoms in total. The van der Waals surface area contributed by atoms with Gasteiger partial charge in [0.05, 0.1) is 11.0 Å². The topological polar surface area (TPSA) is 17.0 Å². The molecule has 0 radical (unpaired) electrons. The van der Waals surface area contributed by atoms with Gasteiger partial charge in [-0.2, -0.15) is 0 Å². The van der Waals surface area contributed by atoms with Crippen molar-refractivity contribution < 1.29 is 0 Å². The summed E-state index contributed by atoms with van der Waals surface area (Å²) in [6.07, 6.45) is 0. The maximum Gasteiger partial charge on any atom is 0.0555 e. The van der Waals surface area contributed by atoms with Gasteiger partial charge in [0.15, 0.2) is 0 Å². The van der Waals surface area contributed by atoms with E-state index in [1.54, 1.807) is 0 Å². The standard InChI is InChI=1S/C46H30N2S/c1-3-12-31(13-4-1)39-28-33(20-24-41(39)47-35-22-19-30-11-7-8-14-32(30)27-35)34-21-25-42-40(29-34)45-43(48(42)36-15-5-2-6-16-36)26-23-38-37-17-9-10-18-44(37)49-46(38)45/h1-29,47H. The monoisotopic (exact) mass is 642 g/mol. The van der Waals surface area contributed by atoms with Crippen LogP contribution in [-0.2, 0) is 0 Å². The quantitative estimate of drug-likeness (QED) is 0.198. The number of hydrogen-bond donors (Lipinski definition) is 1. The van der Waals surface area contributed by atoms with Crippen LogP contribution >= 0.6 is 11.3 Å². The summed E-state index contributed by atoms with van der Waals surface area (Å²) in [5.41, 5.74) is 10.5. The lowest BCUT2D eigenvalue weighted by Crippen LogP contribution is -1.95. The molecule has 0 aliphatic rings. The number of rotatable bonds is 5. The first-order valence-corrected chi connectivity index (χ1v) is 17.5. The first kappa shape index (κ1) is 27.9. The van der Waals surface area contributed by atoms with E-state index in [-0.39, 0.29) is 0 Å². The second kappa shape index (κ2) is 11.2. The molecule has 2 aromatic heterocycles. The Hall–Kier alpha value is -6.16. The summed E-state index contributed by atoms with van der Waals surface area (Å²) in [7, 11) is 0. The molecule has 8 aromatic carbocycles. The molecule has 230 valence electrons. The first-order chi connectivity index (χ1) is 24.3. The Morgan fingerprint density at radius 1 is 0.449 bits per heavy atom. The van der Waals surface area contributed by atoms with E-state index in [0.29, 0.717) is 0 Å². The van der Waals surface area contributed by atoms with Gasteiger partial charge in [-0.15, -0.1) is 11.3 Å². The highest BCUT2D eigenvalue weighted by atomic mass is 32.1. The molecule has 0 fully saturated rings. The summed E-state index contributed by atoms with van der Waals surface area (Å²) in [5.74, 6) is 0. The highest BCUT2D eigenvalue weighted by Gasteiger charge is 2.18. The van der Waals surface area contributed by atoms with E-state index < -0.39 is 0 Å². The number of aromatic nitrogens is 1. The third-order valence-electron chi connectivity index (χ3n) is 9.75. The predicted octanol–water partition coefficient (Wildman–Crippen LogP) is 13.4. The van der Waals surface area contributed by atoms with Crippen molar-refractivity contribution >= 4 is 75.5 Å². The van der Waals surface area contributed by atoms with Gasteiger partial charge in [0.1, 0.15) is 0 Å². The summed E-state index contributed by atoms with van der Waals surface area (Å²) < 4.78 is 5.09.